The molecule has 13 heteroatoms. The molecule has 66 heavy (non-hydrogen) atoms. The molecule has 12 rings (SSSR count). The number of nitrogens with one attached hydrogen (secondary N) is 2. The van der Waals surface area contributed by atoms with Crippen molar-refractivity contribution in [2.45, 2.75) is 0 Å². The van der Waals surface area contributed by atoms with E-state index < -0.39 is 0 Å². The SMILES string of the molecule is C1CNCCN1.c1cc(-c2ccncc2)ccn1.c1ccc2cnccc2c1.c1ccc2ncccc2c1.c1ccncc1.c1cnc2cccnc2c1.c1cnccn1.c1cncnc1. The fourth-order valence-electron chi connectivity index (χ4n) is 5.46. The van der Waals surface area contributed by atoms with E-state index in [1.807, 2.05) is 128 Å². The van der Waals surface area contributed by atoms with Crippen molar-refractivity contribution in [3.63, 3.8) is 0 Å². The lowest BCUT2D eigenvalue weighted by Gasteiger charge is -2.11. The number of aromatic nitrogens is 11. The van der Waals surface area contributed by atoms with Gasteiger partial charge in [-0.05, 0) is 107 Å². The number of piperazine rings is 1. The molecular weight excluding hydrogens is 819 g/mol. The number of benzene rings is 2. The maximum absolute atomic E-state index is 4.18. The predicted molar refractivity (Wildman–Crippen MR) is 265 cm³/mol. The van der Waals surface area contributed by atoms with Crippen LogP contribution in [0.25, 0.3) is 43.8 Å². The highest BCUT2D eigenvalue weighted by atomic mass is 15.0. The summed E-state index contributed by atoms with van der Waals surface area (Å²) in [6, 6.07) is 45.4. The minimum atomic E-state index is 0.949. The van der Waals surface area contributed by atoms with Gasteiger partial charge in [-0.1, -0.05) is 54.6 Å². The Morgan fingerprint density at radius 1 is 0.258 bits per heavy atom. The average Bonchev–Trinajstić information content (AvgIpc) is 3.45. The maximum Gasteiger partial charge on any atom is 0.115 e. The van der Waals surface area contributed by atoms with Crippen molar-refractivity contribution in [2.75, 3.05) is 26.2 Å². The highest BCUT2D eigenvalue weighted by molar-refractivity contribution is 5.81. The largest absolute Gasteiger partial charge is 0.314 e. The standard InChI is InChI=1S/C10H8N2.2C9H7N.C8H6N2.C5H5N.C4H10N2.2C4H4N2/c1-5-11-6-2-9(1)10-3-7-12-8-4-10;1-2-6-9-8(4-1)5-3-7-10-9;1-2-4-9-7-10-6-5-8(9)3-1;1-3-7-8(9-5-1)4-2-6-10-7;1-2-4-6-5-3-1;2*1-2-6-4-3-5-1;1-2-5-4-6-3-1/h1-8H;2*1-7H;1-6H;1-5H;5-6H,1-4H2;2*1-4H. The summed E-state index contributed by atoms with van der Waals surface area (Å²) in [7, 11) is 0. The molecule has 328 valence electrons. The van der Waals surface area contributed by atoms with Gasteiger partial charge in [-0.3, -0.25) is 44.9 Å². The number of hydrogen-bond acceptors (Lipinski definition) is 13. The second kappa shape index (κ2) is 32.1. The second-order valence-corrected chi connectivity index (χ2v) is 13.3. The second-order valence-electron chi connectivity index (χ2n) is 13.3. The van der Waals surface area contributed by atoms with Crippen molar-refractivity contribution in [3.05, 3.63) is 251 Å². The number of hydrogen-bond donors (Lipinski definition) is 2. The summed E-state index contributed by atoms with van der Waals surface area (Å²) in [5.41, 5.74) is 5.31. The predicted octanol–water partition coefficient (Wildman–Crippen LogP) is 9.46. The minimum Gasteiger partial charge on any atom is -0.314 e. The molecule has 2 aromatic carbocycles. The molecule has 0 aliphatic carbocycles. The maximum atomic E-state index is 4.18. The molecule has 1 aliphatic heterocycles. The van der Waals surface area contributed by atoms with Gasteiger partial charge in [0, 0.05) is 137 Å². The van der Waals surface area contributed by atoms with E-state index in [0.29, 0.717) is 0 Å². The van der Waals surface area contributed by atoms with Crippen LogP contribution in [0.1, 0.15) is 0 Å². The molecule has 2 N–H and O–H groups in total. The molecule has 0 bridgehead atoms. The third kappa shape index (κ3) is 20.5. The summed E-state index contributed by atoms with van der Waals surface area (Å²) >= 11 is 0. The van der Waals surface area contributed by atoms with Crippen molar-refractivity contribution in [1.29, 1.82) is 0 Å². The first-order valence-electron chi connectivity index (χ1n) is 21.1. The molecule has 0 radical (unpaired) electrons. The molecule has 0 spiro atoms. The van der Waals surface area contributed by atoms with Crippen LogP contribution in [-0.4, -0.2) is 81.0 Å². The van der Waals surface area contributed by atoms with Crippen molar-refractivity contribution in [2.24, 2.45) is 0 Å². The summed E-state index contributed by atoms with van der Waals surface area (Å²) < 4.78 is 0. The zero-order chi connectivity index (χ0) is 45.6. The summed E-state index contributed by atoms with van der Waals surface area (Å²) in [5.74, 6) is 0. The Morgan fingerprint density at radius 2 is 0.667 bits per heavy atom. The molecule has 11 aromatic rings. The van der Waals surface area contributed by atoms with E-state index in [2.05, 4.69) is 89.7 Å². The summed E-state index contributed by atoms with van der Waals surface area (Å²) in [6.07, 6.45) is 31.1. The van der Waals surface area contributed by atoms with Crippen molar-refractivity contribution in [1.82, 2.24) is 65.5 Å². The van der Waals surface area contributed by atoms with Gasteiger partial charge in [0.25, 0.3) is 0 Å². The third-order valence-corrected chi connectivity index (χ3v) is 8.60. The van der Waals surface area contributed by atoms with Crippen LogP contribution in [0.3, 0.4) is 0 Å². The lowest BCUT2D eigenvalue weighted by atomic mass is 10.1. The first-order chi connectivity index (χ1) is 32.9. The van der Waals surface area contributed by atoms with Crippen molar-refractivity contribution < 1.29 is 0 Å². The molecule has 1 fully saturated rings. The van der Waals surface area contributed by atoms with Gasteiger partial charge in [0.1, 0.15) is 6.33 Å². The molecule has 9 aromatic heterocycles. The summed E-state index contributed by atoms with van der Waals surface area (Å²) in [4.78, 5) is 42.9. The van der Waals surface area contributed by atoms with E-state index in [9.17, 15) is 0 Å². The van der Waals surface area contributed by atoms with Crippen LogP contribution in [0.15, 0.2) is 251 Å². The van der Waals surface area contributed by atoms with Crippen LogP contribution in [0.4, 0.5) is 0 Å². The number of fused-ring (bicyclic) bond motifs is 3. The molecule has 1 aliphatic rings. The van der Waals surface area contributed by atoms with Gasteiger partial charge in [0.15, 0.2) is 0 Å². The first kappa shape index (κ1) is 48.4. The van der Waals surface area contributed by atoms with Crippen LogP contribution >= 0.6 is 0 Å². The van der Waals surface area contributed by atoms with Gasteiger partial charge in [-0.15, -0.1) is 0 Å². The molecule has 10 heterocycles. The highest BCUT2D eigenvalue weighted by Crippen LogP contribution is 2.16. The molecule has 0 unspecified atom stereocenters. The molecule has 0 saturated carbocycles. The Labute approximate surface area is 385 Å². The lowest BCUT2D eigenvalue weighted by molar-refractivity contribution is 0.534. The van der Waals surface area contributed by atoms with E-state index in [0.717, 1.165) is 42.7 Å². The minimum absolute atomic E-state index is 0.949. The normalized spacial score (nSPS) is 10.7. The van der Waals surface area contributed by atoms with Crippen LogP contribution in [0, 0.1) is 0 Å². The Hall–Kier alpha value is -8.65. The van der Waals surface area contributed by atoms with Gasteiger partial charge >= 0.3 is 0 Å². The smallest absolute Gasteiger partial charge is 0.115 e. The van der Waals surface area contributed by atoms with Gasteiger partial charge in [0.2, 0.25) is 0 Å². The van der Waals surface area contributed by atoms with E-state index >= 15 is 0 Å². The van der Waals surface area contributed by atoms with Gasteiger partial charge in [0.05, 0.1) is 16.6 Å². The van der Waals surface area contributed by atoms with Gasteiger partial charge in [-0.25, -0.2) is 9.97 Å². The molecule has 13 nitrogen and oxygen atoms in total. The average molecular weight is 870 g/mol. The van der Waals surface area contributed by atoms with E-state index in [4.69, 9.17) is 0 Å². The molecular formula is C53H51N13. The van der Waals surface area contributed by atoms with Crippen molar-refractivity contribution in [3.8, 4) is 11.1 Å². The van der Waals surface area contributed by atoms with Gasteiger partial charge < -0.3 is 10.6 Å². The molecule has 1 saturated heterocycles. The quantitative estimate of drug-likeness (QED) is 0.160. The molecule has 0 atom stereocenters. The number of nitrogens with zero attached hydrogens (tertiary/aromatic N) is 11. The monoisotopic (exact) mass is 869 g/mol. The lowest BCUT2D eigenvalue weighted by Crippen LogP contribution is -2.39. The zero-order valence-corrected chi connectivity index (χ0v) is 36.4. The van der Waals surface area contributed by atoms with E-state index in [1.165, 1.54) is 33.6 Å². The number of pyridine rings is 7. The Balaban J connectivity index is 0.000000144. The Bertz CT molecular complexity index is 2260. The van der Waals surface area contributed by atoms with E-state index in [-0.39, 0.29) is 0 Å². The number of para-hydroxylation sites is 1. The van der Waals surface area contributed by atoms with Crippen LogP contribution in [-0.2, 0) is 0 Å². The third-order valence-electron chi connectivity index (χ3n) is 8.60. The fraction of sp³-hybridized carbons (Fsp3) is 0.0755. The Kier molecular flexibility index (Phi) is 23.5. The fourth-order valence-corrected chi connectivity index (χ4v) is 5.46. The summed E-state index contributed by atoms with van der Waals surface area (Å²) in [6.45, 7) is 4.56. The van der Waals surface area contributed by atoms with Crippen molar-refractivity contribution >= 4 is 32.7 Å². The zero-order valence-electron chi connectivity index (χ0n) is 36.4. The van der Waals surface area contributed by atoms with Crippen LogP contribution in [0.5, 0.6) is 0 Å². The topological polar surface area (TPSA) is 166 Å². The van der Waals surface area contributed by atoms with Crippen LogP contribution in [0.2, 0.25) is 0 Å². The summed E-state index contributed by atoms with van der Waals surface area (Å²) in [5, 5.41) is 10.1. The Morgan fingerprint density at radius 3 is 1.09 bits per heavy atom. The van der Waals surface area contributed by atoms with Gasteiger partial charge in [-0.2, -0.15) is 0 Å². The highest BCUT2D eigenvalue weighted by Gasteiger charge is 1.94. The van der Waals surface area contributed by atoms with E-state index in [1.54, 1.807) is 92.8 Å². The first-order valence-corrected chi connectivity index (χ1v) is 21.1. The number of rotatable bonds is 1. The van der Waals surface area contributed by atoms with Crippen LogP contribution < -0.4 is 10.6 Å². The molecule has 0 amide bonds.